The molecule has 0 saturated heterocycles. The Bertz CT molecular complexity index is 1240. The van der Waals surface area contributed by atoms with Crippen LogP contribution in [0.4, 0.5) is 0 Å². The van der Waals surface area contributed by atoms with E-state index in [4.69, 9.17) is 74.0 Å². The minimum atomic E-state index is -5.42. The predicted molar refractivity (Wildman–Crippen MR) is 152 cm³/mol. The second kappa shape index (κ2) is 13.4. The second-order valence-corrected chi connectivity index (χ2v) is 63.5. The Kier molecular flexibility index (Phi) is 11.8. The zero-order chi connectivity index (χ0) is 27.3. The molecular formula is C25H15Cl6N4Sb. The number of hydrogen-bond donors (Lipinski definition) is 0. The molecule has 4 nitrogen and oxygen atoms in total. The van der Waals surface area contributed by atoms with Gasteiger partial charge in [-0.2, -0.15) is 21.0 Å². The zero-order valence-electron chi connectivity index (χ0n) is 18.2. The van der Waals surface area contributed by atoms with Crippen LogP contribution in [0.5, 0.6) is 0 Å². The molecule has 1 aliphatic carbocycles. The van der Waals surface area contributed by atoms with E-state index in [0.717, 1.165) is 0 Å². The average Bonchev–Trinajstić information content (AvgIpc) is 2.83. The van der Waals surface area contributed by atoms with E-state index in [9.17, 15) is 0 Å². The van der Waals surface area contributed by atoms with E-state index in [1.54, 1.807) is 0 Å². The van der Waals surface area contributed by atoms with Crippen LogP contribution in [0.1, 0.15) is 11.1 Å². The van der Waals surface area contributed by atoms with Gasteiger partial charge in [0.25, 0.3) is 0 Å². The van der Waals surface area contributed by atoms with Gasteiger partial charge in [0.1, 0.15) is 29.8 Å². The van der Waals surface area contributed by atoms with Crippen LogP contribution in [0, 0.1) is 51.7 Å². The molecule has 2 aromatic carbocycles. The van der Waals surface area contributed by atoms with Crippen molar-refractivity contribution in [2.45, 2.75) is 0 Å². The predicted octanol–water partition coefficient (Wildman–Crippen LogP) is 8.95. The van der Waals surface area contributed by atoms with Gasteiger partial charge in [0.15, 0.2) is 11.1 Å². The second-order valence-electron chi connectivity index (χ2n) is 6.63. The van der Waals surface area contributed by atoms with E-state index in [2.05, 4.69) is 91.4 Å². The van der Waals surface area contributed by atoms with Crippen molar-refractivity contribution in [1.82, 2.24) is 0 Å². The van der Waals surface area contributed by atoms with E-state index in [-0.39, 0.29) is 0 Å². The maximum absolute atomic E-state index is 8.13. The topological polar surface area (TPSA) is 95.2 Å². The fraction of sp³-hybridized carbons (Fsp3) is 0. The molecular weight excluding hydrogens is 691 g/mol. The summed E-state index contributed by atoms with van der Waals surface area (Å²) in [7, 11) is 25.0. The van der Waals surface area contributed by atoms with Gasteiger partial charge < -0.3 is 0 Å². The summed E-state index contributed by atoms with van der Waals surface area (Å²) in [5.41, 5.74) is 4.15. The standard InChI is InChI=1S/C19H15.C6N4.6ClH.Sb/c1-4-10-16(11-5-1)19(17-12-6-2-7-13-17)18-14-8-3-9-15-18;7-1-5(2-8)6(3-9)4-10;;;;;;;/h1-15H;;6*1H;/q+1;;;;;;;;+5/p-6. The summed E-state index contributed by atoms with van der Waals surface area (Å²) < 4.78 is 0. The monoisotopic (exact) mass is 702 g/mol. The third-order valence-corrected chi connectivity index (χ3v) is 3.88. The van der Waals surface area contributed by atoms with Crippen LogP contribution in [0.25, 0.3) is 5.57 Å². The third-order valence-electron chi connectivity index (χ3n) is 3.88. The Hall–Kier alpha value is -2.21. The van der Waals surface area contributed by atoms with Crippen LogP contribution in [0.15, 0.2) is 102 Å². The van der Waals surface area contributed by atoms with E-state index < -0.39 is 20.3 Å². The number of benzene rings is 2. The summed E-state index contributed by atoms with van der Waals surface area (Å²) in [4.78, 5) is 0. The number of nitrogens with zero attached hydrogens (tertiary/aromatic N) is 4. The summed E-state index contributed by atoms with van der Waals surface area (Å²) >= 11 is 0. The molecule has 11 heteroatoms. The fourth-order valence-corrected chi connectivity index (χ4v) is 2.59. The fourth-order valence-electron chi connectivity index (χ4n) is 2.59. The molecule has 0 heterocycles. The van der Waals surface area contributed by atoms with Crippen molar-refractivity contribution in [2.75, 3.05) is 0 Å². The normalized spacial score (nSPS) is 13.0. The maximum atomic E-state index is 8.13. The average molecular weight is 706 g/mol. The van der Waals surface area contributed by atoms with Gasteiger partial charge in [-0.1, -0.05) is 36.4 Å². The number of halogens is 6. The zero-order valence-corrected chi connectivity index (χ0v) is 25.3. The van der Waals surface area contributed by atoms with Gasteiger partial charge in [0.2, 0.25) is 0 Å². The van der Waals surface area contributed by atoms with E-state index in [0.29, 0.717) is 0 Å². The van der Waals surface area contributed by atoms with Gasteiger partial charge in [-0.3, -0.25) is 0 Å². The summed E-state index contributed by atoms with van der Waals surface area (Å²) in [6, 6.07) is 26.8. The van der Waals surface area contributed by atoms with Crippen molar-refractivity contribution in [3.63, 3.8) is 0 Å². The van der Waals surface area contributed by atoms with Crippen LogP contribution in [-0.2, 0) is 0 Å². The Labute approximate surface area is 230 Å². The molecule has 2 aromatic rings. The molecule has 3 rings (SSSR count). The number of hydrogen-bond acceptors (Lipinski definition) is 4. The molecule has 182 valence electrons. The van der Waals surface area contributed by atoms with Crippen LogP contribution >= 0.6 is 53.0 Å². The first kappa shape index (κ1) is 31.8. The summed E-state index contributed by atoms with van der Waals surface area (Å²) in [5, 5.41) is 32.5. The van der Waals surface area contributed by atoms with E-state index >= 15 is 0 Å². The first-order chi connectivity index (χ1) is 16.7. The number of allylic oxidation sites excluding steroid dienone is 7. The Morgan fingerprint density at radius 2 is 0.972 bits per heavy atom. The van der Waals surface area contributed by atoms with Crippen LogP contribution in [0.2, 0.25) is 0 Å². The summed E-state index contributed by atoms with van der Waals surface area (Å²) in [6.07, 6.45) is 10.5. The molecule has 0 amide bonds. The Morgan fingerprint density at radius 1 is 0.611 bits per heavy atom. The van der Waals surface area contributed by atoms with Gasteiger partial charge in [0.05, 0.1) is 5.57 Å². The molecule has 0 spiro atoms. The molecule has 0 atom stereocenters. The quantitative estimate of drug-likeness (QED) is 0.177. The molecule has 0 aliphatic heterocycles. The van der Waals surface area contributed by atoms with Gasteiger partial charge >= 0.3 is 62.1 Å². The molecule has 1 aliphatic rings. The van der Waals surface area contributed by atoms with E-state index in [1.165, 1.54) is 46.5 Å². The van der Waals surface area contributed by atoms with Gasteiger partial charge in [-0.15, -0.1) is 0 Å². The first-order valence-electron chi connectivity index (χ1n) is 9.64. The number of rotatable bonds is 2. The van der Waals surface area contributed by atoms with Crippen molar-refractivity contribution in [3.05, 3.63) is 119 Å². The Balaban J connectivity index is 0.000000322. The molecule has 0 bridgehead atoms. The SMILES string of the molecule is C1=C[CH+]C(=C(c2ccccc2)c2ccccc2)C=C1.N#CC(C#N)=C(C#N)C#N.[Cl][Sb-]([Cl])([Cl])([Cl])([Cl])[Cl]. The van der Waals surface area contributed by atoms with Gasteiger partial charge in [0, 0.05) is 41.9 Å². The van der Waals surface area contributed by atoms with Crippen molar-refractivity contribution in [2.24, 2.45) is 0 Å². The van der Waals surface area contributed by atoms with Crippen molar-refractivity contribution in [3.8, 4) is 24.3 Å². The van der Waals surface area contributed by atoms with Gasteiger partial charge in [-0.25, -0.2) is 0 Å². The Morgan fingerprint density at radius 3 is 1.25 bits per heavy atom. The molecule has 36 heavy (non-hydrogen) atoms. The minimum absolute atomic E-state index is 0.440. The molecule has 0 fully saturated rings. The van der Waals surface area contributed by atoms with Gasteiger partial charge in [-0.05, 0) is 24.3 Å². The first-order valence-corrected chi connectivity index (χ1v) is 29.0. The summed E-state index contributed by atoms with van der Waals surface area (Å²) in [5.74, 6) is 0. The third kappa shape index (κ3) is 14.4. The molecule has 0 N–H and O–H groups in total. The molecule has 0 aromatic heterocycles. The van der Waals surface area contributed by atoms with Crippen molar-refractivity contribution >= 4 is 67.7 Å². The molecule has 0 radical (unpaired) electrons. The van der Waals surface area contributed by atoms with Crippen LogP contribution < -0.4 is 0 Å². The van der Waals surface area contributed by atoms with Crippen LogP contribution in [-0.4, -0.2) is 9.14 Å². The summed E-state index contributed by atoms with van der Waals surface area (Å²) in [6.45, 7) is 0. The van der Waals surface area contributed by atoms with Crippen LogP contribution in [0.3, 0.4) is 0 Å². The van der Waals surface area contributed by atoms with E-state index in [1.807, 2.05) is 0 Å². The molecule has 0 unspecified atom stereocenters. The number of nitriles is 4. The van der Waals surface area contributed by atoms with Crippen molar-refractivity contribution < 1.29 is 0 Å². The molecule has 0 saturated carbocycles. The van der Waals surface area contributed by atoms with Crippen molar-refractivity contribution in [1.29, 1.82) is 21.0 Å².